The number of rotatable bonds is 3. The Kier molecular flexibility index (Phi) is 5.25. The summed E-state index contributed by atoms with van der Waals surface area (Å²) in [5.74, 6) is 1.68. The topological polar surface area (TPSA) is 34.1 Å². The van der Waals surface area contributed by atoms with Gasteiger partial charge in [0.1, 0.15) is 11.5 Å². The summed E-state index contributed by atoms with van der Waals surface area (Å²) in [6.45, 7) is 0. The number of nitrogens with zero attached hydrogens (tertiary/aromatic N) is 2. The van der Waals surface area contributed by atoms with Crippen LogP contribution in [0.25, 0.3) is 0 Å². The summed E-state index contributed by atoms with van der Waals surface area (Å²) in [5.41, 5.74) is 4.21. The standard InChI is InChI=1S/C23H17Br2ClN2O2/c1-29-17-8-4-13(5-9-17)20-12-21-18-10-15(24)11-19(25)22(18)30-23(28(21)27-20)14-2-6-16(26)7-3-14/h2-11,21,23H,12H2,1H3/t21-,23+/m0/s1. The third-order valence-electron chi connectivity index (χ3n) is 5.39. The first-order chi connectivity index (χ1) is 14.5. The molecule has 7 heteroatoms. The van der Waals surface area contributed by atoms with E-state index in [2.05, 4.69) is 42.9 Å². The molecule has 4 nitrogen and oxygen atoms in total. The minimum atomic E-state index is -0.340. The van der Waals surface area contributed by atoms with Crippen LogP contribution in [-0.4, -0.2) is 17.8 Å². The van der Waals surface area contributed by atoms with Gasteiger partial charge in [-0.3, -0.25) is 0 Å². The number of benzene rings is 3. The van der Waals surface area contributed by atoms with Crippen molar-refractivity contribution in [3.05, 3.63) is 91.3 Å². The van der Waals surface area contributed by atoms with Crippen LogP contribution < -0.4 is 9.47 Å². The lowest BCUT2D eigenvalue weighted by Gasteiger charge is -2.38. The highest BCUT2D eigenvalue weighted by atomic mass is 79.9. The van der Waals surface area contributed by atoms with Gasteiger partial charge in [0.15, 0.2) is 0 Å². The van der Waals surface area contributed by atoms with E-state index in [-0.39, 0.29) is 12.3 Å². The lowest BCUT2D eigenvalue weighted by molar-refractivity contribution is -0.0197. The molecular formula is C23H17Br2ClN2O2. The van der Waals surface area contributed by atoms with Gasteiger partial charge in [0, 0.05) is 27.0 Å². The van der Waals surface area contributed by atoms with E-state index in [1.165, 1.54) is 0 Å². The van der Waals surface area contributed by atoms with Crippen molar-refractivity contribution in [2.75, 3.05) is 7.11 Å². The summed E-state index contributed by atoms with van der Waals surface area (Å²) in [6, 6.07) is 19.9. The predicted molar refractivity (Wildman–Crippen MR) is 125 cm³/mol. The third-order valence-corrected chi connectivity index (χ3v) is 6.69. The molecule has 0 N–H and O–H groups in total. The molecular weight excluding hydrogens is 532 g/mol. The van der Waals surface area contributed by atoms with E-state index in [4.69, 9.17) is 26.2 Å². The third kappa shape index (κ3) is 3.51. The van der Waals surface area contributed by atoms with Crippen LogP contribution >= 0.6 is 43.5 Å². The number of hydrogen-bond acceptors (Lipinski definition) is 4. The quantitative estimate of drug-likeness (QED) is 0.350. The van der Waals surface area contributed by atoms with Gasteiger partial charge in [0.25, 0.3) is 0 Å². The molecule has 3 aromatic carbocycles. The lowest BCUT2D eigenvalue weighted by atomic mass is 9.96. The summed E-state index contributed by atoms with van der Waals surface area (Å²) in [6.07, 6.45) is 0.448. The molecule has 30 heavy (non-hydrogen) atoms. The molecule has 2 aliphatic heterocycles. The zero-order valence-corrected chi connectivity index (χ0v) is 19.9. The molecule has 3 aromatic rings. The second-order valence-electron chi connectivity index (χ2n) is 7.20. The first kappa shape index (κ1) is 19.9. The summed E-state index contributed by atoms with van der Waals surface area (Å²) in [5, 5.41) is 7.75. The molecule has 2 atom stereocenters. The van der Waals surface area contributed by atoms with Crippen molar-refractivity contribution in [3.8, 4) is 11.5 Å². The Morgan fingerprint density at radius 2 is 1.80 bits per heavy atom. The summed E-state index contributed by atoms with van der Waals surface area (Å²) < 4.78 is 13.7. The highest BCUT2D eigenvalue weighted by molar-refractivity contribution is 9.11. The van der Waals surface area contributed by atoms with Crippen molar-refractivity contribution >= 4 is 49.2 Å². The van der Waals surface area contributed by atoms with E-state index in [0.29, 0.717) is 5.02 Å². The van der Waals surface area contributed by atoms with Gasteiger partial charge in [0.2, 0.25) is 6.23 Å². The molecule has 152 valence electrons. The van der Waals surface area contributed by atoms with Crippen LogP contribution in [0.15, 0.2) is 74.7 Å². The second-order valence-corrected chi connectivity index (χ2v) is 9.41. The molecule has 0 amide bonds. The maximum absolute atomic E-state index is 6.47. The summed E-state index contributed by atoms with van der Waals surface area (Å²) in [4.78, 5) is 0. The Bertz CT molecular complexity index is 1130. The fourth-order valence-corrected chi connectivity index (χ4v) is 5.40. The highest BCUT2D eigenvalue weighted by Crippen LogP contribution is 2.50. The van der Waals surface area contributed by atoms with Crippen LogP contribution in [0.2, 0.25) is 5.02 Å². The number of methoxy groups -OCH3 is 1. The highest BCUT2D eigenvalue weighted by Gasteiger charge is 2.41. The van der Waals surface area contributed by atoms with Crippen molar-refractivity contribution in [2.24, 2.45) is 5.10 Å². The molecule has 0 fully saturated rings. The minimum Gasteiger partial charge on any atom is -0.497 e. The van der Waals surface area contributed by atoms with Crippen molar-refractivity contribution in [1.82, 2.24) is 5.01 Å². The Labute approximate surface area is 196 Å². The van der Waals surface area contributed by atoms with Crippen LogP contribution in [0.5, 0.6) is 11.5 Å². The first-order valence-corrected chi connectivity index (χ1v) is 11.4. The van der Waals surface area contributed by atoms with E-state index in [1.54, 1.807) is 7.11 Å². The summed E-state index contributed by atoms with van der Waals surface area (Å²) in [7, 11) is 1.67. The smallest absolute Gasteiger partial charge is 0.213 e. The molecule has 0 aliphatic carbocycles. The summed E-state index contributed by atoms with van der Waals surface area (Å²) >= 11 is 13.4. The van der Waals surface area contributed by atoms with Gasteiger partial charge in [-0.1, -0.05) is 39.7 Å². The minimum absolute atomic E-state index is 0.0697. The lowest BCUT2D eigenvalue weighted by Crippen LogP contribution is -2.33. The fourth-order valence-electron chi connectivity index (χ4n) is 3.92. The van der Waals surface area contributed by atoms with Gasteiger partial charge in [-0.05, 0) is 70.0 Å². The van der Waals surface area contributed by atoms with Crippen LogP contribution in [-0.2, 0) is 0 Å². The van der Waals surface area contributed by atoms with Crippen LogP contribution in [0.1, 0.15) is 35.4 Å². The Balaban J connectivity index is 1.60. The Hall–Kier alpha value is -2.02. The molecule has 0 spiro atoms. The van der Waals surface area contributed by atoms with E-state index >= 15 is 0 Å². The number of hydrogen-bond donors (Lipinski definition) is 0. The molecule has 2 heterocycles. The van der Waals surface area contributed by atoms with Gasteiger partial charge in [-0.2, -0.15) is 5.10 Å². The van der Waals surface area contributed by atoms with Crippen molar-refractivity contribution in [3.63, 3.8) is 0 Å². The van der Waals surface area contributed by atoms with Crippen LogP contribution in [0.4, 0.5) is 0 Å². The number of fused-ring (bicyclic) bond motifs is 3. The molecule has 0 saturated heterocycles. The Morgan fingerprint density at radius 1 is 1.07 bits per heavy atom. The molecule has 0 aromatic heterocycles. The Morgan fingerprint density at radius 3 is 2.50 bits per heavy atom. The normalized spacial score (nSPS) is 19.6. The van der Waals surface area contributed by atoms with E-state index in [0.717, 1.165) is 49.3 Å². The number of ether oxygens (including phenoxy) is 2. The van der Waals surface area contributed by atoms with Crippen molar-refractivity contribution < 1.29 is 9.47 Å². The first-order valence-electron chi connectivity index (χ1n) is 9.45. The van der Waals surface area contributed by atoms with Gasteiger partial charge >= 0.3 is 0 Å². The van der Waals surface area contributed by atoms with E-state index < -0.39 is 0 Å². The molecule has 0 radical (unpaired) electrons. The molecule has 5 rings (SSSR count). The van der Waals surface area contributed by atoms with Crippen molar-refractivity contribution in [2.45, 2.75) is 18.7 Å². The van der Waals surface area contributed by atoms with Crippen LogP contribution in [0, 0.1) is 0 Å². The number of hydrazone groups is 1. The van der Waals surface area contributed by atoms with Crippen LogP contribution in [0.3, 0.4) is 0 Å². The zero-order chi connectivity index (χ0) is 20.8. The van der Waals surface area contributed by atoms with Gasteiger partial charge in [-0.25, -0.2) is 5.01 Å². The second kappa shape index (κ2) is 7.91. The fraction of sp³-hybridized carbons (Fsp3) is 0.174. The maximum atomic E-state index is 6.47. The van der Waals surface area contributed by atoms with E-state index in [9.17, 15) is 0 Å². The number of halogens is 3. The average Bonchev–Trinajstić information content (AvgIpc) is 3.20. The zero-order valence-electron chi connectivity index (χ0n) is 16.0. The predicted octanol–water partition coefficient (Wildman–Crippen LogP) is 7.12. The monoisotopic (exact) mass is 546 g/mol. The maximum Gasteiger partial charge on any atom is 0.213 e. The average molecular weight is 549 g/mol. The van der Waals surface area contributed by atoms with Gasteiger partial charge in [-0.15, -0.1) is 0 Å². The SMILES string of the molecule is COc1ccc(C2=NN3[C@@H](c4ccc(Cl)cc4)Oc4c(Br)cc(Br)cc4[C@@H]3C2)cc1. The molecule has 0 unspecified atom stereocenters. The van der Waals surface area contributed by atoms with Crippen molar-refractivity contribution in [1.29, 1.82) is 0 Å². The molecule has 2 aliphatic rings. The molecule has 0 bridgehead atoms. The van der Waals surface area contributed by atoms with Gasteiger partial charge in [0.05, 0.1) is 23.3 Å². The molecule has 0 saturated carbocycles. The van der Waals surface area contributed by atoms with E-state index in [1.807, 2.05) is 54.6 Å². The van der Waals surface area contributed by atoms with Gasteiger partial charge < -0.3 is 9.47 Å². The largest absolute Gasteiger partial charge is 0.497 e.